The molecule has 2 aromatic rings. The smallest absolute Gasteiger partial charge is 0.242 e. The second-order valence-corrected chi connectivity index (χ2v) is 9.18. The molecule has 30 heavy (non-hydrogen) atoms. The lowest BCUT2D eigenvalue weighted by Gasteiger charge is -2.30. The molecule has 9 heteroatoms. The number of amides is 2. The Morgan fingerprint density at radius 1 is 1.03 bits per heavy atom. The summed E-state index contributed by atoms with van der Waals surface area (Å²) in [4.78, 5) is 27.0. The van der Waals surface area contributed by atoms with Gasteiger partial charge in [-0.15, -0.1) is 11.8 Å². The summed E-state index contributed by atoms with van der Waals surface area (Å²) in [5.41, 5.74) is 1.69. The summed E-state index contributed by atoms with van der Waals surface area (Å²) in [6, 6.07) is 9.90. The van der Waals surface area contributed by atoms with Crippen molar-refractivity contribution in [1.29, 1.82) is 0 Å². The van der Waals surface area contributed by atoms with Crippen molar-refractivity contribution in [2.24, 2.45) is 0 Å². The van der Waals surface area contributed by atoms with E-state index >= 15 is 0 Å². The monoisotopic (exact) mass is 506 g/mol. The highest BCUT2D eigenvalue weighted by Crippen LogP contribution is 2.26. The number of hydrogen-bond donors (Lipinski definition) is 1. The van der Waals surface area contributed by atoms with E-state index in [1.165, 1.54) is 11.8 Å². The molecular weight excluding hydrogens is 486 g/mol. The first kappa shape index (κ1) is 25.2. The molecule has 2 aromatic carbocycles. The van der Waals surface area contributed by atoms with Gasteiger partial charge in [0.1, 0.15) is 6.04 Å². The average Bonchev–Trinajstić information content (AvgIpc) is 2.71. The van der Waals surface area contributed by atoms with Crippen LogP contribution in [0, 0.1) is 0 Å². The SMILES string of the molecule is CC[C@@H](C(=O)NC)N(Cc1ccc(Cl)cc1Cl)C(=O)CSCc1ccc(Cl)c(Cl)c1. The largest absolute Gasteiger partial charge is 0.357 e. The van der Waals surface area contributed by atoms with Crippen LogP contribution in [0.2, 0.25) is 20.1 Å². The minimum absolute atomic E-state index is 0.151. The number of benzene rings is 2. The maximum Gasteiger partial charge on any atom is 0.242 e. The molecule has 0 aromatic heterocycles. The molecule has 1 atom stereocenters. The number of likely N-dealkylation sites (N-methyl/N-ethyl adjacent to an activating group) is 1. The highest BCUT2D eigenvalue weighted by Gasteiger charge is 2.28. The molecule has 0 aliphatic carbocycles. The standard InChI is InChI=1S/C21H22Cl4N2O2S/c1-3-19(21(29)26-2)27(10-14-5-6-15(22)9-17(14)24)20(28)12-30-11-13-4-7-16(23)18(25)8-13/h4-9,19H,3,10-12H2,1-2H3,(H,26,29)/t19-/m0/s1. The van der Waals surface area contributed by atoms with Gasteiger partial charge in [-0.3, -0.25) is 9.59 Å². The fourth-order valence-electron chi connectivity index (χ4n) is 2.89. The normalized spacial score (nSPS) is 11.8. The van der Waals surface area contributed by atoms with Crippen molar-refractivity contribution >= 4 is 70.0 Å². The maximum absolute atomic E-state index is 13.1. The van der Waals surface area contributed by atoms with E-state index in [0.717, 1.165) is 11.1 Å². The van der Waals surface area contributed by atoms with Crippen molar-refractivity contribution in [3.63, 3.8) is 0 Å². The maximum atomic E-state index is 13.1. The predicted octanol–water partition coefficient (Wildman–Crippen LogP) is 6.09. The van der Waals surface area contributed by atoms with Crippen LogP contribution >= 0.6 is 58.2 Å². The van der Waals surface area contributed by atoms with E-state index in [-0.39, 0.29) is 24.1 Å². The Morgan fingerprint density at radius 2 is 1.77 bits per heavy atom. The lowest BCUT2D eigenvalue weighted by molar-refractivity contribution is -0.139. The number of nitrogens with one attached hydrogen (secondary N) is 1. The Bertz CT molecular complexity index is 911. The van der Waals surface area contributed by atoms with Crippen LogP contribution in [-0.2, 0) is 21.9 Å². The van der Waals surface area contributed by atoms with Gasteiger partial charge in [0.2, 0.25) is 11.8 Å². The van der Waals surface area contributed by atoms with Crippen molar-refractivity contribution < 1.29 is 9.59 Å². The number of halogens is 4. The van der Waals surface area contributed by atoms with E-state index in [0.29, 0.717) is 32.3 Å². The average molecular weight is 508 g/mol. The van der Waals surface area contributed by atoms with E-state index in [2.05, 4.69) is 5.32 Å². The Kier molecular flexibility index (Phi) is 10.1. The molecule has 0 saturated carbocycles. The quantitative estimate of drug-likeness (QED) is 0.447. The number of nitrogens with zero attached hydrogens (tertiary/aromatic N) is 1. The molecule has 0 radical (unpaired) electrons. The van der Waals surface area contributed by atoms with Crippen LogP contribution in [0.5, 0.6) is 0 Å². The van der Waals surface area contributed by atoms with Crippen LogP contribution < -0.4 is 5.32 Å². The summed E-state index contributed by atoms with van der Waals surface area (Å²) < 4.78 is 0. The van der Waals surface area contributed by atoms with Gasteiger partial charge in [0.05, 0.1) is 15.8 Å². The number of rotatable bonds is 9. The van der Waals surface area contributed by atoms with Gasteiger partial charge >= 0.3 is 0 Å². The number of carbonyl (C=O) groups excluding carboxylic acids is 2. The van der Waals surface area contributed by atoms with E-state index < -0.39 is 6.04 Å². The molecule has 0 fully saturated rings. The van der Waals surface area contributed by atoms with Gasteiger partial charge in [-0.2, -0.15) is 0 Å². The third-order valence-electron chi connectivity index (χ3n) is 4.47. The molecule has 4 nitrogen and oxygen atoms in total. The number of thioether (sulfide) groups is 1. The van der Waals surface area contributed by atoms with E-state index in [1.54, 1.807) is 42.3 Å². The Hall–Kier alpha value is -1.11. The third kappa shape index (κ3) is 6.96. The molecule has 162 valence electrons. The second kappa shape index (κ2) is 12.1. The zero-order valence-electron chi connectivity index (χ0n) is 16.6. The van der Waals surface area contributed by atoms with Crippen LogP contribution in [0.3, 0.4) is 0 Å². The van der Waals surface area contributed by atoms with E-state index in [1.807, 2.05) is 13.0 Å². The molecule has 0 heterocycles. The van der Waals surface area contributed by atoms with Crippen molar-refractivity contribution in [3.05, 3.63) is 67.6 Å². The molecule has 0 aliphatic rings. The van der Waals surface area contributed by atoms with Crippen LogP contribution in [0.1, 0.15) is 24.5 Å². The summed E-state index contributed by atoms with van der Waals surface area (Å²) in [5, 5.41) is 4.57. The Morgan fingerprint density at radius 3 is 2.37 bits per heavy atom. The summed E-state index contributed by atoms with van der Waals surface area (Å²) in [7, 11) is 1.56. The van der Waals surface area contributed by atoms with Gasteiger partial charge in [0.15, 0.2) is 0 Å². The van der Waals surface area contributed by atoms with Gasteiger partial charge in [-0.1, -0.05) is 65.5 Å². The summed E-state index contributed by atoms with van der Waals surface area (Å²) in [5.74, 6) is 0.431. The Labute approximate surface area is 201 Å². The highest BCUT2D eigenvalue weighted by atomic mass is 35.5. The van der Waals surface area contributed by atoms with E-state index in [4.69, 9.17) is 46.4 Å². The fraction of sp³-hybridized carbons (Fsp3) is 0.333. The third-order valence-corrected chi connectivity index (χ3v) is 6.78. The molecule has 0 aliphatic heterocycles. The first-order valence-corrected chi connectivity index (χ1v) is 11.9. The van der Waals surface area contributed by atoms with Crippen LogP contribution in [0.15, 0.2) is 36.4 Å². The van der Waals surface area contributed by atoms with Crippen LogP contribution in [0.25, 0.3) is 0 Å². The van der Waals surface area contributed by atoms with E-state index in [9.17, 15) is 9.59 Å². The van der Waals surface area contributed by atoms with Crippen LogP contribution in [-0.4, -0.2) is 35.6 Å². The first-order valence-electron chi connectivity index (χ1n) is 9.23. The fourth-order valence-corrected chi connectivity index (χ4v) is 4.53. The van der Waals surface area contributed by atoms with Gasteiger partial charge < -0.3 is 10.2 Å². The van der Waals surface area contributed by atoms with Crippen molar-refractivity contribution in [3.8, 4) is 0 Å². The molecule has 0 spiro atoms. The number of hydrogen-bond acceptors (Lipinski definition) is 3. The summed E-state index contributed by atoms with van der Waals surface area (Å²) in [6.45, 7) is 2.08. The van der Waals surface area contributed by atoms with Crippen molar-refractivity contribution in [1.82, 2.24) is 10.2 Å². The zero-order chi connectivity index (χ0) is 22.3. The van der Waals surface area contributed by atoms with Crippen molar-refractivity contribution in [2.45, 2.75) is 31.7 Å². The van der Waals surface area contributed by atoms with Crippen LogP contribution in [0.4, 0.5) is 0 Å². The summed E-state index contributed by atoms with van der Waals surface area (Å²) in [6.07, 6.45) is 0.480. The lowest BCUT2D eigenvalue weighted by Crippen LogP contribution is -2.48. The molecule has 1 N–H and O–H groups in total. The molecule has 0 saturated heterocycles. The molecule has 0 unspecified atom stereocenters. The number of carbonyl (C=O) groups is 2. The van der Waals surface area contributed by atoms with Gasteiger partial charge in [-0.05, 0) is 41.8 Å². The minimum atomic E-state index is -0.597. The minimum Gasteiger partial charge on any atom is -0.357 e. The molecular formula is C21H22Cl4N2O2S. The molecule has 2 rings (SSSR count). The van der Waals surface area contributed by atoms with Gasteiger partial charge in [-0.25, -0.2) is 0 Å². The topological polar surface area (TPSA) is 49.4 Å². The predicted molar refractivity (Wildman–Crippen MR) is 128 cm³/mol. The Balaban J connectivity index is 2.14. The van der Waals surface area contributed by atoms with Gasteiger partial charge in [0.25, 0.3) is 0 Å². The first-order chi connectivity index (χ1) is 14.3. The molecule has 0 bridgehead atoms. The van der Waals surface area contributed by atoms with Crippen molar-refractivity contribution in [2.75, 3.05) is 12.8 Å². The molecule has 2 amide bonds. The summed E-state index contributed by atoms with van der Waals surface area (Å²) >= 11 is 25.7. The second-order valence-electron chi connectivity index (χ2n) is 6.54. The highest BCUT2D eigenvalue weighted by molar-refractivity contribution is 7.99. The zero-order valence-corrected chi connectivity index (χ0v) is 20.4. The van der Waals surface area contributed by atoms with Gasteiger partial charge in [0, 0.05) is 29.4 Å². The lowest BCUT2D eigenvalue weighted by atomic mass is 10.1.